The quantitative estimate of drug-likeness (QED) is 0.771. The second-order valence-corrected chi connectivity index (χ2v) is 4.82. The summed E-state index contributed by atoms with van der Waals surface area (Å²) in [6, 6.07) is -0.0791. The Labute approximate surface area is 119 Å². The van der Waals surface area contributed by atoms with Gasteiger partial charge in [-0.25, -0.2) is 4.98 Å². The monoisotopic (exact) mass is 278 g/mol. The lowest BCUT2D eigenvalue weighted by molar-refractivity contribution is 0.360. The zero-order chi connectivity index (χ0) is 14.5. The van der Waals surface area contributed by atoms with E-state index in [1.54, 1.807) is 19.5 Å². The van der Waals surface area contributed by atoms with Gasteiger partial charge in [-0.3, -0.25) is 4.68 Å². The van der Waals surface area contributed by atoms with Crippen LogP contribution in [0.15, 0.2) is 18.6 Å². The Bertz CT molecular complexity index is 519. The van der Waals surface area contributed by atoms with Gasteiger partial charge in [0.2, 0.25) is 0 Å². The Kier molecular flexibility index (Phi) is 4.75. The summed E-state index contributed by atoms with van der Waals surface area (Å²) in [5, 5.41) is 7.68. The molecule has 2 aromatic heterocycles. The lowest BCUT2D eigenvalue weighted by Gasteiger charge is -2.18. The van der Waals surface area contributed by atoms with Gasteiger partial charge in [0.25, 0.3) is 0 Å². The first kappa shape index (κ1) is 14.5. The third-order valence-electron chi connectivity index (χ3n) is 3.18. The van der Waals surface area contributed by atoms with Crippen molar-refractivity contribution in [3.05, 3.63) is 30.1 Å². The van der Waals surface area contributed by atoms with Crippen molar-refractivity contribution in [1.29, 1.82) is 0 Å². The summed E-state index contributed by atoms with van der Waals surface area (Å²) in [6.45, 7) is 1.71. The number of methoxy groups -OCH3 is 1. The number of likely N-dealkylation sites (N-methyl/N-ethyl adjacent to an activating group) is 1. The molecule has 0 saturated carbocycles. The molecule has 0 radical (unpaired) electrons. The highest BCUT2D eigenvalue weighted by molar-refractivity contribution is 5.32. The van der Waals surface area contributed by atoms with Crippen molar-refractivity contribution in [2.45, 2.75) is 12.6 Å². The fraction of sp³-hybridized carbons (Fsp3) is 0.538. The Morgan fingerprint density at radius 3 is 2.85 bits per heavy atom. The molecular formula is C13H22N6O. The molecule has 1 unspecified atom stereocenters. The molecule has 0 amide bonds. The molecular weight excluding hydrogens is 256 g/mol. The summed E-state index contributed by atoms with van der Waals surface area (Å²) in [7, 11) is 7.65. The van der Waals surface area contributed by atoms with E-state index in [4.69, 9.17) is 4.74 Å². The highest BCUT2D eigenvalue weighted by atomic mass is 16.5. The number of hydrogen-bond acceptors (Lipinski definition) is 5. The number of hydrogen-bond donors (Lipinski definition) is 2. The van der Waals surface area contributed by atoms with Gasteiger partial charge >= 0.3 is 0 Å². The van der Waals surface area contributed by atoms with E-state index in [9.17, 15) is 0 Å². The van der Waals surface area contributed by atoms with Crippen LogP contribution in [0.5, 0.6) is 5.75 Å². The van der Waals surface area contributed by atoms with Gasteiger partial charge in [0.15, 0.2) is 5.75 Å². The second kappa shape index (κ2) is 6.53. The molecule has 0 aromatic carbocycles. The average molecular weight is 278 g/mol. The third kappa shape index (κ3) is 3.00. The Morgan fingerprint density at radius 2 is 2.30 bits per heavy atom. The first-order chi connectivity index (χ1) is 9.67. The third-order valence-corrected chi connectivity index (χ3v) is 3.18. The summed E-state index contributed by atoms with van der Waals surface area (Å²) in [5.41, 5.74) is 0.979. The number of imidazole rings is 1. The van der Waals surface area contributed by atoms with Crippen LogP contribution < -0.4 is 10.1 Å². The van der Waals surface area contributed by atoms with Gasteiger partial charge in [0.05, 0.1) is 19.9 Å². The first-order valence-corrected chi connectivity index (χ1v) is 6.58. The number of nitrogens with zero attached hydrogens (tertiary/aromatic N) is 4. The van der Waals surface area contributed by atoms with E-state index in [1.165, 1.54) is 0 Å². The van der Waals surface area contributed by atoms with Crippen molar-refractivity contribution < 1.29 is 4.74 Å². The zero-order valence-corrected chi connectivity index (χ0v) is 12.4. The van der Waals surface area contributed by atoms with Gasteiger partial charge in [-0.1, -0.05) is 0 Å². The molecule has 0 aliphatic heterocycles. The molecule has 110 valence electrons. The van der Waals surface area contributed by atoms with Crippen LogP contribution in [-0.2, 0) is 6.54 Å². The molecule has 0 aliphatic rings. The van der Waals surface area contributed by atoms with Crippen molar-refractivity contribution in [2.24, 2.45) is 0 Å². The number of nitrogens with one attached hydrogen (secondary N) is 2. The largest absolute Gasteiger partial charge is 0.493 e. The minimum absolute atomic E-state index is 0.0791. The second-order valence-electron chi connectivity index (χ2n) is 4.82. The highest BCUT2D eigenvalue weighted by Gasteiger charge is 2.24. The van der Waals surface area contributed by atoms with E-state index in [2.05, 4.69) is 25.3 Å². The standard InChI is InChI=1S/C13H22N6O/c1-14-11(13-15-5-6-16-13)12-10(20-4)9-17-19(12)8-7-18(2)3/h5-6,9,11,14H,7-8H2,1-4H3,(H,15,16). The molecule has 2 heterocycles. The molecule has 2 rings (SSSR count). The van der Waals surface area contributed by atoms with Crippen molar-refractivity contribution in [2.75, 3.05) is 34.8 Å². The molecule has 1 atom stereocenters. The van der Waals surface area contributed by atoms with E-state index >= 15 is 0 Å². The summed E-state index contributed by atoms with van der Waals surface area (Å²) < 4.78 is 7.40. The maximum Gasteiger partial charge on any atom is 0.162 e. The summed E-state index contributed by atoms with van der Waals surface area (Å²) in [5.74, 6) is 1.61. The predicted molar refractivity (Wildman–Crippen MR) is 76.8 cm³/mol. The van der Waals surface area contributed by atoms with Gasteiger partial charge in [-0.15, -0.1) is 0 Å². The Balaban J connectivity index is 2.34. The summed E-state index contributed by atoms with van der Waals surface area (Å²) in [6.07, 6.45) is 5.30. The number of ether oxygens (including phenoxy) is 1. The molecule has 7 heteroatoms. The minimum Gasteiger partial charge on any atom is -0.493 e. The van der Waals surface area contributed by atoms with Crippen LogP contribution in [0.25, 0.3) is 0 Å². The van der Waals surface area contributed by atoms with Crippen LogP contribution in [0.3, 0.4) is 0 Å². The molecule has 20 heavy (non-hydrogen) atoms. The lowest BCUT2D eigenvalue weighted by Crippen LogP contribution is -2.26. The zero-order valence-electron chi connectivity index (χ0n) is 12.4. The summed E-state index contributed by atoms with van der Waals surface area (Å²) in [4.78, 5) is 9.59. The number of aromatic amines is 1. The van der Waals surface area contributed by atoms with Crippen molar-refractivity contribution in [3.8, 4) is 5.75 Å². The molecule has 0 spiro atoms. The van der Waals surface area contributed by atoms with Gasteiger partial charge in [0.1, 0.15) is 17.6 Å². The topological polar surface area (TPSA) is 71.0 Å². The smallest absolute Gasteiger partial charge is 0.162 e. The fourth-order valence-corrected chi connectivity index (χ4v) is 2.14. The maximum absolute atomic E-state index is 5.44. The first-order valence-electron chi connectivity index (χ1n) is 6.58. The fourth-order valence-electron chi connectivity index (χ4n) is 2.14. The molecule has 2 aromatic rings. The van der Waals surface area contributed by atoms with Gasteiger partial charge in [0, 0.05) is 18.9 Å². The summed E-state index contributed by atoms with van der Waals surface area (Å²) >= 11 is 0. The molecule has 7 nitrogen and oxygen atoms in total. The molecule has 0 saturated heterocycles. The molecule has 0 aliphatic carbocycles. The van der Waals surface area contributed by atoms with Gasteiger partial charge in [-0.05, 0) is 21.1 Å². The van der Waals surface area contributed by atoms with Crippen molar-refractivity contribution in [3.63, 3.8) is 0 Å². The van der Waals surface area contributed by atoms with E-state index in [0.717, 1.165) is 30.4 Å². The van der Waals surface area contributed by atoms with Crippen LogP contribution in [-0.4, -0.2) is 59.4 Å². The normalized spacial score (nSPS) is 12.8. The average Bonchev–Trinajstić information content (AvgIpc) is 3.07. The Morgan fingerprint density at radius 1 is 1.50 bits per heavy atom. The number of H-pyrrole nitrogens is 1. The maximum atomic E-state index is 5.44. The van der Waals surface area contributed by atoms with Crippen LogP contribution in [0.2, 0.25) is 0 Å². The van der Waals surface area contributed by atoms with E-state index in [-0.39, 0.29) is 6.04 Å². The highest BCUT2D eigenvalue weighted by Crippen LogP contribution is 2.28. The van der Waals surface area contributed by atoms with Crippen molar-refractivity contribution in [1.82, 2.24) is 30.0 Å². The van der Waals surface area contributed by atoms with Gasteiger partial charge < -0.3 is 19.9 Å². The van der Waals surface area contributed by atoms with E-state index in [1.807, 2.05) is 32.0 Å². The SMILES string of the molecule is CNC(c1ncc[nH]1)c1c(OC)cnn1CCN(C)C. The van der Waals surface area contributed by atoms with Gasteiger partial charge in [-0.2, -0.15) is 5.10 Å². The predicted octanol–water partition coefficient (Wildman–Crippen LogP) is 0.485. The molecule has 0 fully saturated rings. The lowest BCUT2D eigenvalue weighted by atomic mass is 10.2. The number of rotatable bonds is 7. The molecule has 0 bridgehead atoms. The van der Waals surface area contributed by atoms with Crippen LogP contribution in [0.4, 0.5) is 0 Å². The number of aromatic nitrogens is 4. The van der Waals surface area contributed by atoms with Crippen LogP contribution in [0, 0.1) is 0 Å². The van der Waals surface area contributed by atoms with Crippen LogP contribution >= 0.6 is 0 Å². The molecule has 2 N–H and O–H groups in total. The Hall–Kier alpha value is -1.86. The van der Waals surface area contributed by atoms with Crippen molar-refractivity contribution >= 4 is 0 Å². The van der Waals surface area contributed by atoms with E-state index < -0.39 is 0 Å². The minimum atomic E-state index is -0.0791. The van der Waals surface area contributed by atoms with E-state index in [0.29, 0.717) is 0 Å². The van der Waals surface area contributed by atoms with Crippen LogP contribution in [0.1, 0.15) is 17.6 Å².